The first-order valence-corrected chi connectivity index (χ1v) is 10.3. The van der Waals surface area contributed by atoms with Gasteiger partial charge >= 0.3 is 0 Å². The highest BCUT2D eigenvalue weighted by molar-refractivity contribution is 5.75. The zero-order valence-corrected chi connectivity index (χ0v) is 16.8. The number of fused-ring (bicyclic) bond motifs is 2. The molecule has 1 aromatic heterocycles. The molecule has 1 aliphatic rings. The van der Waals surface area contributed by atoms with Crippen LogP contribution < -0.4 is 0 Å². The molecule has 0 radical (unpaired) electrons. The van der Waals surface area contributed by atoms with Crippen LogP contribution in [0.3, 0.4) is 0 Å². The van der Waals surface area contributed by atoms with Crippen LogP contribution in [0.15, 0.2) is 72.0 Å². The number of hydrogen-bond acceptors (Lipinski definition) is 2. The summed E-state index contributed by atoms with van der Waals surface area (Å²) in [5.41, 5.74) is 7.99. The molecule has 0 saturated heterocycles. The minimum Gasteiger partial charge on any atom is -0.264 e. The molecule has 2 atom stereocenters. The first-order chi connectivity index (χ1) is 13.7. The normalized spacial score (nSPS) is 16.6. The van der Waals surface area contributed by atoms with Crippen LogP contribution in [0.4, 0.5) is 5.69 Å². The van der Waals surface area contributed by atoms with Crippen LogP contribution in [0.5, 0.6) is 0 Å². The minimum absolute atomic E-state index is 0.300. The van der Waals surface area contributed by atoms with E-state index in [2.05, 4.69) is 73.6 Å². The second-order valence-corrected chi connectivity index (χ2v) is 7.98. The molecule has 0 fully saturated rings. The molecule has 1 aliphatic heterocycles. The number of aliphatic imine (C=N–C) groups is 1. The standard InChI is InChI=1S/C26H28N2/c1-19(8-6-11-21-9-4-3-5-10-21)25-15-22-14-24(23-12-7-13-27-17-23)18-28-26(16-22)20(25)2/h3-5,7,9-10,12-13,15-19,24H,6,8,11,14H2,1-2H3. The van der Waals surface area contributed by atoms with Gasteiger partial charge in [0.15, 0.2) is 0 Å². The van der Waals surface area contributed by atoms with Crippen molar-refractivity contribution >= 4 is 11.9 Å². The van der Waals surface area contributed by atoms with Crippen molar-refractivity contribution < 1.29 is 0 Å². The summed E-state index contributed by atoms with van der Waals surface area (Å²) in [6.07, 6.45) is 10.5. The summed E-state index contributed by atoms with van der Waals surface area (Å²) >= 11 is 0. The van der Waals surface area contributed by atoms with Crippen LogP contribution in [-0.2, 0) is 12.8 Å². The molecule has 0 aliphatic carbocycles. The quantitative estimate of drug-likeness (QED) is 0.484. The summed E-state index contributed by atoms with van der Waals surface area (Å²) in [4.78, 5) is 9.14. The Morgan fingerprint density at radius 3 is 2.71 bits per heavy atom. The Kier molecular flexibility index (Phi) is 5.66. The van der Waals surface area contributed by atoms with E-state index in [4.69, 9.17) is 4.99 Å². The number of benzene rings is 2. The van der Waals surface area contributed by atoms with Gasteiger partial charge in [0.1, 0.15) is 0 Å². The zero-order chi connectivity index (χ0) is 19.3. The first kappa shape index (κ1) is 18.6. The number of nitrogens with zero attached hydrogens (tertiary/aromatic N) is 2. The number of aromatic nitrogens is 1. The van der Waals surface area contributed by atoms with E-state index < -0.39 is 0 Å². The summed E-state index contributed by atoms with van der Waals surface area (Å²) in [7, 11) is 0. The molecule has 2 unspecified atom stereocenters. The SMILES string of the molecule is Cc1c2cc(cc1C(C)CCCc1ccccc1)CC(c1cccnc1)C=N2. The summed E-state index contributed by atoms with van der Waals surface area (Å²) in [6.45, 7) is 4.59. The molecule has 2 nitrogen and oxygen atoms in total. The molecule has 2 bridgehead atoms. The second kappa shape index (κ2) is 8.52. The number of pyridine rings is 1. The minimum atomic E-state index is 0.300. The van der Waals surface area contributed by atoms with Gasteiger partial charge in [-0.1, -0.05) is 49.4 Å². The van der Waals surface area contributed by atoms with Gasteiger partial charge in [0.25, 0.3) is 0 Å². The fourth-order valence-corrected chi connectivity index (χ4v) is 4.23. The Bertz CT molecular complexity index is 945. The van der Waals surface area contributed by atoms with Crippen LogP contribution in [0.2, 0.25) is 0 Å². The lowest BCUT2D eigenvalue weighted by molar-refractivity contribution is 0.630. The maximum absolute atomic E-state index is 4.85. The van der Waals surface area contributed by atoms with Gasteiger partial charge in [-0.2, -0.15) is 0 Å². The number of rotatable bonds is 6. The maximum atomic E-state index is 4.85. The summed E-state index contributed by atoms with van der Waals surface area (Å²) < 4.78 is 0. The molecule has 2 aromatic carbocycles. The molecule has 2 heteroatoms. The lowest BCUT2D eigenvalue weighted by atomic mass is 9.87. The monoisotopic (exact) mass is 368 g/mol. The Hall–Kier alpha value is -2.74. The van der Waals surface area contributed by atoms with Gasteiger partial charge in [-0.3, -0.25) is 9.98 Å². The third-order valence-corrected chi connectivity index (χ3v) is 5.92. The van der Waals surface area contributed by atoms with E-state index in [1.165, 1.54) is 40.7 Å². The van der Waals surface area contributed by atoms with Gasteiger partial charge in [-0.25, -0.2) is 0 Å². The van der Waals surface area contributed by atoms with Crippen LogP contribution in [0, 0.1) is 6.92 Å². The van der Waals surface area contributed by atoms with E-state index in [1.807, 2.05) is 18.5 Å². The summed E-state index contributed by atoms with van der Waals surface area (Å²) in [6, 6.07) is 19.6. The molecule has 0 N–H and O–H groups in total. The van der Waals surface area contributed by atoms with Crippen molar-refractivity contribution in [1.29, 1.82) is 0 Å². The van der Waals surface area contributed by atoms with E-state index >= 15 is 0 Å². The highest BCUT2D eigenvalue weighted by Crippen LogP contribution is 2.35. The van der Waals surface area contributed by atoms with Crippen molar-refractivity contribution in [3.05, 3.63) is 94.8 Å². The third-order valence-electron chi connectivity index (χ3n) is 5.92. The van der Waals surface area contributed by atoms with Crippen LogP contribution >= 0.6 is 0 Å². The van der Waals surface area contributed by atoms with Crippen LogP contribution in [-0.4, -0.2) is 11.2 Å². The fraction of sp³-hybridized carbons (Fsp3) is 0.308. The molecule has 142 valence electrons. The van der Waals surface area contributed by atoms with Crippen molar-refractivity contribution in [3.63, 3.8) is 0 Å². The van der Waals surface area contributed by atoms with Gasteiger partial charge < -0.3 is 0 Å². The Morgan fingerprint density at radius 1 is 1.07 bits per heavy atom. The van der Waals surface area contributed by atoms with E-state index in [0.717, 1.165) is 18.5 Å². The van der Waals surface area contributed by atoms with Gasteiger partial charge in [-0.05, 0) is 78.5 Å². The number of hydrogen-bond donors (Lipinski definition) is 0. The lowest BCUT2D eigenvalue weighted by Crippen LogP contribution is -2.04. The van der Waals surface area contributed by atoms with E-state index in [9.17, 15) is 0 Å². The zero-order valence-electron chi connectivity index (χ0n) is 16.8. The molecule has 4 rings (SSSR count). The molecule has 2 heterocycles. The largest absolute Gasteiger partial charge is 0.264 e. The number of aryl methyl sites for hydroxylation is 1. The molecule has 28 heavy (non-hydrogen) atoms. The van der Waals surface area contributed by atoms with Gasteiger partial charge in [0.05, 0.1) is 5.69 Å². The predicted octanol–water partition coefficient (Wildman–Crippen LogP) is 6.56. The smallest absolute Gasteiger partial charge is 0.0660 e. The molecule has 0 amide bonds. The van der Waals surface area contributed by atoms with Crippen LogP contribution in [0.1, 0.15) is 59.4 Å². The van der Waals surface area contributed by atoms with Crippen molar-refractivity contribution in [2.24, 2.45) is 4.99 Å². The van der Waals surface area contributed by atoms with Gasteiger partial charge in [0.2, 0.25) is 0 Å². The Morgan fingerprint density at radius 2 is 1.93 bits per heavy atom. The van der Waals surface area contributed by atoms with Crippen LogP contribution in [0.25, 0.3) is 0 Å². The highest BCUT2D eigenvalue weighted by Gasteiger charge is 2.19. The fourth-order valence-electron chi connectivity index (χ4n) is 4.23. The maximum Gasteiger partial charge on any atom is 0.0660 e. The average Bonchev–Trinajstić information content (AvgIpc) is 2.92. The second-order valence-electron chi connectivity index (χ2n) is 7.98. The Balaban J connectivity index is 1.49. The van der Waals surface area contributed by atoms with Gasteiger partial charge in [-0.15, -0.1) is 0 Å². The molecular weight excluding hydrogens is 340 g/mol. The molecule has 0 saturated carbocycles. The van der Waals surface area contributed by atoms with Crippen molar-refractivity contribution in [2.75, 3.05) is 0 Å². The Labute approximate surface area is 168 Å². The van der Waals surface area contributed by atoms with Crippen molar-refractivity contribution in [2.45, 2.75) is 51.4 Å². The molecule has 0 spiro atoms. The third kappa shape index (κ3) is 4.22. The van der Waals surface area contributed by atoms with Gasteiger partial charge in [0, 0.05) is 24.5 Å². The predicted molar refractivity (Wildman–Crippen MR) is 118 cm³/mol. The summed E-state index contributed by atoms with van der Waals surface area (Å²) in [5, 5.41) is 0. The van der Waals surface area contributed by atoms with E-state index in [0.29, 0.717) is 11.8 Å². The van der Waals surface area contributed by atoms with Crippen molar-refractivity contribution in [3.8, 4) is 0 Å². The van der Waals surface area contributed by atoms with Crippen molar-refractivity contribution in [1.82, 2.24) is 4.98 Å². The topological polar surface area (TPSA) is 25.2 Å². The molecular formula is C26H28N2. The lowest BCUT2D eigenvalue weighted by Gasteiger charge is -2.18. The van der Waals surface area contributed by atoms with E-state index in [-0.39, 0.29) is 0 Å². The van der Waals surface area contributed by atoms with E-state index in [1.54, 1.807) is 0 Å². The average molecular weight is 369 g/mol. The highest BCUT2D eigenvalue weighted by atomic mass is 14.7. The summed E-state index contributed by atoms with van der Waals surface area (Å²) in [5.74, 6) is 0.849. The first-order valence-electron chi connectivity index (χ1n) is 10.3. The molecule has 3 aromatic rings.